The molecule has 20 heavy (non-hydrogen) atoms. The van der Waals surface area contributed by atoms with E-state index < -0.39 is 9.84 Å². The number of rotatable bonds is 6. The number of hydrogen-bond donors (Lipinski definition) is 1. The van der Waals surface area contributed by atoms with E-state index in [1.165, 1.54) is 0 Å². The third kappa shape index (κ3) is 3.34. The fourth-order valence-electron chi connectivity index (χ4n) is 2.20. The molecule has 1 N–H and O–H groups in total. The minimum atomic E-state index is -2.98. The van der Waals surface area contributed by atoms with Crippen molar-refractivity contribution in [3.8, 4) is 0 Å². The van der Waals surface area contributed by atoms with Gasteiger partial charge < -0.3 is 5.32 Å². The fourth-order valence-corrected chi connectivity index (χ4v) is 3.30. The van der Waals surface area contributed by atoms with Crippen molar-refractivity contribution in [2.75, 3.05) is 11.5 Å². The van der Waals surface area contributed by atoms with Gasteiger partial charge in [0, 0.05) is 18.0 Å². The van der Waals surface area contributed by atoms with Crippen LogP contribution in [0.5, 0.6) is 0 Å². The van der Waals surface area contributed by atoms with Gasteiger partial charge in [0.05, 0.1) is 11.8 Å². The maximum Gasteiger partial charge on any atom is 0.160 e. The van der Waals surface area contributed by atoms with Gasteiger partial charge in [0.15, 0.2) is 21.3 Å². The van der Waals surface area contributed by atoms with Crippen molar-refractivity contribution < 1.29 is 8.42 Å². The van der Waals surface area contributed by atoms with Gasteiger partial charge in [-0.1, -0.05) is 13.0 Å². The molecule has 2 aromatic rings. The van der Waals surface area contributed by atoms with E-state index in [9.17, 15) is 8.42 Å². The number of hydrogen-bond acceptors (Lipinski definition) is 5. The average molecular weight is 296 g/mol. The monoisotopic (exact) mass is 296 g/mol. The van der Waals surface area contributed by atoms with Crippen molar-refractivity contribution in [1.29, 1.82) is 0 Å². The molecule has 0 radical (unpaired) electrons. The first-order valence-corrected chi connectivity index (χ1v) is 8.51. The van der Waals surface area contributed by atoms with Crippen LogP contribution in [0.2, 0.25) is 0 Å². The highest BCUT2D eigenvalue weighted by molar-refractivity contribution is 7.91. The molecule has 0 spiro atoms. The van der Waals surface area contributed by atoms with E-state index in [4.69, 9.17) is 0 Å². The first-order valence-electron chi connectivity index (χ1n) is 6.69. The Bertz CT molecular complexity index is 680. The molecular weight excluding hydrogens is 276 g/mol. The molecule has 0 amide bonds. The second-order valence-corrected chi connectivity index (χ2v) is 7.37. The lowest BCUT2D eigenvalue weighted by Crippen LogP contribution is -2.36. The predicted molar refractivity (Wildman–Crippen MR) is 78.3 cm³/mol. The maximum absolute atomic E-state index is 11.6. The molecule has 2 unspecified atom stereocenters. The number of fused-ring (bicyclic) bond motifs is 1. The van der Waals surface area contributed by atoms with Crippen molar-refractivity contribution in [3.05, 3.63) is 30.2 Å². The summed E-state index contributed by atoms with van der Waals surface area (Å²) in [6.45, 7) is 5.49. The van der Waals surface area contributed by atoms with Crippen LogP contribution in [0.15, 0.2) is 24.4 Å². The number of sulfone groups is 1. The molecule has 0 saturated heterocycles. The van der Waals surface area contributed by atoms with E-state index in [2.05, 4.69) is 15.5 Å². The summed E-state index contributed by atoms with van der Waals surface area (Å²) in [5.74, 6) is 1.08. The van der Waals surface area contributed by atoms with E-state index >= 15 is 0 Å². The van der Waals surface area contributed by atoms with Crippen LogP contribution in [0.25, 0.3) is 5.65 Å². The van der Waals surface area contributed by atoms with Gasteiger partial charge in [-0.3, -0.25) is 4.40 Å². The second-order valence-electron chi connectivity index (χ2n) is 4.98. The molecule has 0 aliphatic heterocycles. The molecule has 7 heteroatoms. The number of nitrogens with one attached hydrogen (secondary N) is 1. The normalized spacial score (nSPS) is 15.3. The Kier molecular flexibility index (Phi) is 4.39. The molecule has 0 bridgehead atoms. The minimum absolute atomic E-state index is 0.0746. The Hall–Kier alpha value is -1.47. The topological polar surface area (TPSA) is 76.4 Å². The molecule has 0 aliphatic rings. The van der Waals surface area contributed by atoms with Crippen LogP contribution in [0.3, 0.4) is 0 Å². The lowest BCUT2D eigenvalue weighted by molar-refractivity contribution is 0.480. The van der Waals surface area contributed by atoms with Crippen LogP contribution in [-0.2, 0) is 9.84 Å². The van der Waals surface area contributed by atoms with E-state index in [1.807, 2.05) is 42.6 Å². The Morgan fingerprint density at radius 2 is 2.05 bits per heavy atom. The first-order chi connectivity index (χ1) is 9.43. The number of nitrogens with zero attached hydrogens (tertiary/aromatic N) is 3. The molecule has 0 aliphatic carbocycles. The summed E-state index contributed by atoms with van der Waals surface area (Å²) in [5, 5.41) is 11.5. The third-order valence-corrected chi connectivity index (χ3v) is 5.09. The fraction of sp³-hybridized carbons (Fsp3) is 0.538. The maximum atomic E-state index is 11.6. The smallest absolute Gasteiger partial charge is 0.160 e. The first kappa shape index (κ1) is 14.9. The van der Waals surface area contributed by atoms with Gasteiger partial charge in [-0.05, 0) is 26.0 Å². The van der Waals surface area contributed by atoms with Crippen LogP contribution in [0.4, 0.5) is 0 Å². The zero-order valence-electron chi connectivity index (χ0n) is 11.9. The molecule has 0 fully saturated rings. The van der Waals surface area contributed by atoms with Crippen LogP contribution in [0, 0.1) is 0 Å². The van der Waals surface area contributed by atoms with Crippen LogP contribution < -0.4 is 5.32 Å². The zero-order valence-corrected chi connectivity index (χ0v) is 12.8. The van der Waals surface area contributed by atoms with Gasteiger partial charge in [0.25, 0.3) is 0 Å². The second kappa shape index (κ2) is 5.88. The standard InChI is InChI=1S/C13H20N4O2S/c1-4-20(18,19)9-10(2)14-11(3)13-16-15-12-7-5-6-8-17(12)13/h5-8,10-11,14H,4,9H2,1-3H3. The summed E-state index contributed by atoms with van der Waals surface area (Å²) >= 11 is 0. The number of pyridine rings is 1. The van der Waals surface area contributed by atoms with Crippen molar-refractivity contribution in [1.82, 2.24) is 19.9 Å². The van der Waals surface area contributed by atoms with Crippen molar-refractivity contribution in [3.63, 3.8) is 0 Å². The summed E-state index contributed by atoms with van der Waals surface area (Å²) < 4.78 is 25.1. The Morgan fingerprint density at radius 3 is 2.75 bits per heavy atom. The summed E-state index contributed by atoms with van der Waals surface area (Å²) in [6, 6.07) is 5.49. The highest BCUT2D eigenvalue weighted by Gasteiger charge is 2.19. The van der Waals surface area contributed by atoms with Gasteiger partial charge >= 0.3 is 0 Å². The Morgan fingerprint density at radius 1 is 1.30 bits per heavy atom. The van der Waals surface area contributed by atoms with Crippen LogP contribution in [0.1, 0.15) is 32.6 Å². The molecule has 2 rings (SSSR count). The quantitative estimate of drug-likeness (QED) is 0.867. The van der Waals surface area contributed by atoms with E-state index in [1.54, 1.807) is 6.92 Å². The van der Waals surface area contributed by atoms with Gasteiger partial charge in [-0.25, -0.2) is 8.42 Å². The van der Waals surface area contributed by atoms with Gasteiger partial charge in [0.1, 0.15) is 0 Å². The molecule has 0 aromatic carbocycles. The highest BCUT2D eigenvalue weighted by Crippen LogP contribution is 2.12. The molecule has 2 atom stereocenters. The predicted octanol–water partition coefficient (Wildman–Crippen LogP) is 1.20. The Balaban J connectivity index is 2.10. The molecular formula is C13H20N4O2S. The molecule has 0 saturated carbocycles. The van der Waals surface area contributed by atoms with E-state index in [0.29, 0.717) is 0 Å². The number of aromatic nitrogens is 3. The van der Waals surface area contributed by atoms with Crippen LogP contribution >= 0.6 is 0 Å². The Labute approximate surface area is 119 Å². The minimum Gasteiger partial charge on any atom is -0.304 e. The molecule has 110 valence electrons. The largest absolute Gasteiger partial charge is 0.304 e. The SMILES string of the molecule is CCS(=O)(=O)CC(C)NC(C)c1nnc2ccccn12. The van der Waals surface area contributed by atoms with Crippen molar-refractivity contribution in [2.24, 2.45) is 0 Å². The molecule has 6 nitrogen and oxygen atoms in total. The lowest BCUT2D eigenvalue weighted by Gasteiger charge is -2.18. The van der Waals surface area contributed by atoms with Gasteiger partial charge in [-0.2, -0.15) is 0 Å². The summed E-state index contributed by atoms with van der Waals surface area (Å²) in [7, 11) is -2.98. The zero-order chi connectivity index (χ0) is 14.8. The van der Waals surface area contributed by atoms with Crippen LogP contribution in [-0.4, -0.2) is 40.6 Å². The summed E-state index contributed by atoms with van der Waals surface area (Å²) in [5.41, 5.74) is 0.782. The highest BCUT2D eigenvalue weighted by atomic mass is 32.2. The van der Waals surface area contributed by atoms with Crippen molar-refractivity contribution >= 4 is 15.5 Å². The van der Waals surface area contributed by atoms with E-state index in [0.717, 1.165) is 11.5 Å². The van der Waals surface area contributed by atoms with Gasteiger partial charge in [0.2, 0.25) is 0 Å². The molecule has 2 aromatic heterocycles. The van der Waals surface area contributed by atoms with Gasteiger partial charge in [-0.15, -0.1) is 10.2 Å². The lowest BCUT2D eigenvalue weighted by atomic mass is 10.2. The third-order valence-electron chi connectivity index (χ3n) is 3.21. The van der Waals surface area contributed by atoms with E-state index in [-0.39, 0.29) is 23.6 Å². The summed E-state index contributed by atoms with van der Waals surface area (Å²) in [4.78, 5) is 0. The molecule has 2 heterocycles. The van der Waals surface area contributed by atoms with Crippen molar-refractivity contribution in [2.45, 2.75) is 32.9 Å². The average Bonchev–Trinajstić information content (AvgIpc) is 2.81. The summed E-state index contributed by atoms with van der Waals surface area (Å²) in [6.07, 6.45) is 1.90.